The van der Waals surface area contributed by atoms with Crippen molar-refractivity contribution in [3.8, 4) is 12.3 Å². The van der Waals surface area contributed by atoms with Gasteiger partial charge in [0.1, 0.15) is 5.82 Å². The van der Waals surface area contributed by atoms with Crippen LogP contribution < -0.4 is 5.32 Å². The van der Waals surface area contributed by atoms with E-state index in [4.69, 9.17) is 6.42 Å². The number of nitrogens with one attached hydrogen (secondary N) is 1. The summed E-state index contributed by atoms with van der Waals surface area (Å²) in [5, 5.41) is 3.18. The van der Waals surface area contributed by atoms with Gasteiger partial charge in [-0.25, -0.2) is 4.39 Å². The lowest BCUT2D eigenvalue weighted by molar-refractivity contribution is 0.553. The fourth-order valence-electron chi connectivity index (χ4n) is 1.09. The Morgan fingerprint density at radius 1 is 1.64 bits per heavy atom. The molecule has 1 aromatic heterocycles. The number of nitrogens with zero attached hydrogens (tertiary/aromatic N) is 1. The van der Waals surface area contributed by atoms with E-state index < -0.39 is 0 Å². The zero-order chi connectivity index (χ0) is 10.4. The Labute approximate surface area is 83.6 Å². The number of rotatable bonds is 4. The molecule has 0 amide bonds. The van der Waals surface area contributed by atoms with Gasteiger partial charge < -0.3 is 5.32 Å². The van der Waals surface area contributed by atoms with E-state index in [1.54, 1.807) is 6.20 Å². The van der Waals surface area contributed by atoms with Crippen molar-refractivity contribution in [1.82, 2.24) is 10.3 Å². The van der Waals surface area contributed by atoms with Crippen molar-refractivity contribution < 1.29 is 4.39 Å². The first kappa shape index (κ1) is 10.7. The monoisotopic (exact) mass is 192 g/mol. The summed E-state index contributed by atoms with van der Waals surface area (Å²) in [5.74, 6) is 2.25. The van der Waals surface area contributed by atoms with Gasteiger partial charge in [0.15, 0.2) is 0 Å². The van der Waals surface area contributed by atoms with Gasteiger partial charge in [0.05, 0.1) is 6.20 Å². The standard InChI is InChI=1S/C11H13FN2/c1-3-4-9(2)14-7-10-5-11(12)8-13-6-10/h1,5-6,8-9,14H,4,7H2,2H3. The number of terminal acetylenes is 1. The van der Waals surface area contributed by atoms with Crippen LogP contribution in [-0.2, 0) is 6.54 Å². The molecule has 0 saturated heterocycles. The minimum Gasteiger partial charge on any atom is -0.309 e. The normalized spacial score (nSPS) is 12.1. The van der Waals surface area contributed by atoms with Gasteiger partial charge in [-0.3, -0.25) is 4.98 Å². The van der Waals surface area contributed by atoms with Gasteiger partial charge in [-0.2, -0.15) is 0 Å². The Hall–Kier alpha value is -1.40. The minimum absolute atomic E-state index is 0.239. The van der Waals surface area contributed by atoms with E-state index in [-0.39, 0.29) is 11.9 Å². The molecule has 1 rings (SSSR count). The van der Waals surface area contributed by atoms with Crippen LogP contribution >= 0.6 is 0 Å². The lowest BCUT2D eigenvalue weighted by atomic mass is 10.2. The van der Waals surface area contributed by atoms with Gasteiger partial charge in [0.2, 0.25) is 0 Å². The van der Waals surface area contributed by atoms with E-state index in [0.29, 0.717) is 13.0 Å². The van der Waals surface area contributed by atoms with Gasteiger partial charge in [0, 0.05) is 25.2 Å². The Bertz CT molecular complexity index is 330. The Kier molecular flexibility index (Phi) is 4.09. The maximum atomic E-state index is 12.7. The quantitative estimate of drug-likeness (QED) is 0.735. The van der Waals surface area contributed by atoms with Crippen molar-refractivity contribution in [2.24, 2.45) is 0 Å². The van der Waals surface area contributed by atoms with E-state index in [1.165, 1.54) is 12.3 Å². The third-order valence-corrected chi connectivity index (χ3v) is 1.84. The third kappa shape index (κ3) is 3.55. The van der Waals surface area contributed by atoms with Crippen LogP contribution in [0.5, 0.6) is 0 Å². The summed E-state index contributed by atoms with van der Waals surface area (Å²) in [4.78, 5) is 3.75. The van der Waals surface area contributed by atoms with E-state index in [9.17, 15) is 4.39 Å². The van der Waals surface area contributed by atoms with Crippen molar-refractivity contribution in [3.05, 3.63) is 29.8 Å². The van der Waals surface area contributed by atoms with Crippen LogP contribution in [0.15, 0.2) is 18.5 Å². The molecule has 1 atom stereocenters. The highest BCUT2D eigenvalue weighted by Crippen LogP contribution is 2.01. The number of pyridine rings is 1. The maximum absolute atomic E-state index is 12.7. The Balaban J connectivity index is 2.42. The van der Waals surface area contributed by atoms with E-state index >= 15 is 0 Å². The van der Waals surface area contributed by atoms with Crippen molar-refractivity contribution in [3.63, 3.8) is 0 Å². The summed E-state index contributed by atoms with van der Waals surface area (Å²) in [7, 11) is 0. The minimum atomic E-state index is -0.311. The van der Waals surface area contributed by atoms with Crippen molar-refractivity contribution in [2.75, 3.05) is 0 Å². The van der Waals surface area contributed by atoms with Crippen molar-refractivity contribution >= 4 is 0 Å². The van der Waals surface area contributed by atoms with Crippen LogP contribution in [0.1, 0.15) is 18.9 Å². The molecule has 74 valence electrons. The van der Waals surface area contributed by atoms with Crippen LogP contribution in [0.3, 0.4) is 0 Å². The molecule has 0 saturated carbocycles. The molecule has 1 heterocycles. The second kappa shape index (κ2) is 5.36. The first-order chi connectivity index (χ1) is 6.72. The average Bonchev–Trinajstić information content (AvgIpc) is 2.15. The SMILES string of the molecule is C#CCC(C)NCc1cncc(F)c1. The van der Waals surface area contributed by atoms with Crippen LogP contribution in [0.4, 0.5) is 4.39 Å². The van der Waals surface area contributed by atoms with Gasteiger partial charge in [0.25, 0.3) is 0 Å². The predicted octanol–water partition coefficient (Wildman–Crippen LogP) is 1.72. The molecular formula is C11H13FN2. The van der Waals surface area contributed by atoms with Gasteiger partial charge in [-0.1, -0.05) is 0 Å². The molecule has 1 N–H and O–H groups in total. The second-order valence-corrected chi connectivity index (χ2v) is 3.20. The summed E-state index contributed by atoms with van der Waals surface area (Å²) in [6.07, 6.45) is 8.66. The fourth-order valence-corrected chi connectivity index (χ4v) is 1.09. The molecule has 1 unspecified atom stereocenters. The maximum Gasteiger partial charge on any atom is 0.141 e. The van der Waals surface area contributed by atoms with Crippen LogP contribution in [0.25, 0.3) is 0 Å². The average molecular weight is 192 g/mol. The van der Waals surface area contributed by atoms with Crippen LogP contribution in [0.2, 0.25) is 0 Å². The number of hydrogen-bond acceptors (Lipinski definition) is 2. The summed E-state index contributed by atoms with van der Waals surface area (Å²) in [5.41, 5.74) is 0.828. The van der Waals surface area contributed by atoms with Gasteiger partial charge in [-0.05, 0) is 18.6 Å². The van der Waals surface area contributed by atoms with Crippen molar-refractivity contribution in [1.29, 1.82) is 0 Å². The third-order valence-electron chi connectivity index (χ3n) is 1.84. The molecule has 1 aromatic rings. The Morgan fingerprint density at radius 2 is 2.43 bits per heavy atom. The molecule has 14 heavy (non-hydrogen) atoms. The second-order valence-electron chi connectivity index (χ2n) is 3.20. The number of halogens is 1. The summed E-state index contributed by atoms with van der Waals surface area (Å²) in [6, 6.07) is 1.70. The number of hydrogen-bond donors (Lipinski definition) is 1. The smallest absolute Gasteiger partial charge is 0.141 e. The zero-order valence-electron chi connectivity index (χ0n) is 8.13. The lowest BCUT2D eigenvalue weighted by Crippen LogP contribution is -2.24. The van der Waals surface area contributed by atoms with Crippen LogP contribution in [0, 0.1) is 18.2 Å². The lowest BCUT2D eigenvalue weighted by Gasteiger charge is -2.10. The molecule has 0 aromatic carbocycles. The van der Waals surface area contributed by atoms with Crippen molar-refractivity contribution in [2.45, 2.75) is 25.9 Å². The Morgan fingerprint density at radius 3 is 3.07 bits per heavy atom. The van der Waals surface area contributed by atoms with E-state index in [0.717, 1.165) is 5.56 Å². The predicted molar refractivity (Wildman–Crippen MR) is 53.9 cm³/mol. The molecular weight excluding hydrogens is 179 g/mol. The number of aromatic nitrogens is 1. The molecule has 0 bridgehead atoms. The molecule has 3 heteroatoms. The zero-order valence-corrected chi connectivity index (χ0v) is 8.13. The highest BCUT2D eigenvalue weighted by molar-refractivity contribution is 5.09. The molecule has 0 aliphatic heterocycles. The molecule has 0 fully saturated rings. The molecule has 0 spiro atoms. The molecule has 0 aliphatic carbocycles. The molecule has 2 nitrogen and oxygen atoms in total. The van der Waals surface area contributed by atoms with Gasteiger partial charge in [-0.15, -0.1) is 12.3 Å². The van der Waals surface area contributed by atoms with E-state index in [1.807, 2.05) is 6.92 Å². The summed E-state index contributed by atoms with van der Waals surface area (Å²) < 4.78 is 12.7. The first-order valence-corrected chi connectivity index (χ1v) is 4.48. The largest absolute Gasteiger partial charge is 0.309 e. The van der Waals surface area contributed by atoms with E-state index in [2.05, 4.69) is 16.2 Å². The van der Waals surface area contributed by atoms with Gasteiger partial charge >= 0.3 is 0 Å². The topological polar surface area (TPSA) is 24.9 Å². The fraction of sp³-hybridized carbons (Fsp3) is 0.364. The first-order valence-electron chi connectivity index (χ1n) is 4.48. The highest BCUT2D eigenvalue weighted by atomic mass is 19.1. The van der Waals surface area contributed by atoms with Crippen LogP contribution in [-0.4, -0.2) is 11.0 Å². The molecule has 0 radical (unpaired) electrons. The highest BCUT2D eigenvalue weighted by Gasteiger charge is 2.00. The molecule has 0 aliphatic rings. The summed E-state index contributed by atoms with van der Waals surface area (Å²) in [6.45, 7) is 2.58. The summed E-state index contributed by atoms with van der Waals surface area (Å²) >= 11 is 0.